The van der Waals surface area contributed by atoms with Crippen LogP contribution in [0, 0.1) is 10.1 Å². The Morgan fingerprint density at radius 2 is 2.05 bits per heavy atom. The average Bonchev–Trinajstić information content (AvgIpc) is 2.25. The molecule has 1 rings (SSSR count). The number of aryl methyl sites for hydroxylation is 1. The number of nitro groups is 1. The average molecular weight is 283 g/mol. The highest BCUT2D eigenvalue weighted by Crippen LogP contribution is 2.27. The van der Waals surface area contributed by atoms with Gasteiger partial charge in [0.1, 0.15) is 5.75 Å². The molecule has 0 aliphatic rings. The standard InChI is InChI=1S/C12H17NO5Si/c1-19(2,3)7-6-9-8-10(13(16)17)4-5-11(9)18-12(14)15/h4-5,8H,6-7H2,1-3H3,(H,14,15). The van der Waals surface area contributed by atoms with Gasteiger partial charge in [-0.1, -0.05) is 25.7 Å². The summed E-state index contributed by atoms with van der Waals surface area (Å²) in [6.07, 6.45) is -0.830. The van der Waals surface area contributed by atoms with Gasteiger partial charge in [0.05, 0.1) is 4.92 Å². The van der Waals surface area contributed by atoms with Crippen molar-refractivity contribution in [2.24, 2.45) is 0 Å². The molecule has 0 atom stereocenters. The van der Waals surface area contributed by atoms with E-state index in [1.165, 1.54) is 18.2 Å². The molecule has 0 aliphatic heterocycles. The lowest BCUT2D eigenvalue weighted by molar-refractivity contribution is -0.384. The first kappa shape index (κ1) is 15.2. The second kappa shape index (κ2) is 5.83. The zero-order chi connectivity index (χ0) is 14.6. The molecule has 6 nitrogen and oxygen atoms in total. The van der Waals surface area contributed by atoms with Gasteiger partial charge in [-0.2, -0.15) is 0 Å². The van der Waals surface area contributed by atoms with Gasteiger partial charge in [-0.15, -0.1) is 0 Å². The van der Waals surface area contributed by atoms with E-state index in [9.17, 15) is 14.9 Å². The van der Waals surface area contributed by atoms with Crippen molar-refractivity contribution >= 4 is 19.9 Å². The first-order chi connectivity index (χ1) is 8.69. The van der Waals surface area contributed by atoms with Crippen LogP contribution in [0.2, 0.25) is 25.7 Å². The fourth-order valence-electron chi connectivity index (χ4n) is 1.58. The lowest BCUT2D eigenvalue weighted by Gasteiger charge is -2.16. The number of carboxylic acid groups (broad SMARTS) is 1. The first-order valence-electron chi connectivity index (χ1n) is 5.87. The highest BCUT2D eigenvalue weighted by atomic mass is 28.3. The van der Waals surface area contributed by atoms with E-state index >= 15 is 0 Å². The van der Waals surface area contributed by atoms with Crippen molar-refractivity contribution in [2.45, 2.75) is 32.1 Å². The van der Waals surface area contributed by atoms with Gasteiger partial charge in [-0.05, 0) is 12.5 Å². The fourth-order valence-corrected chi connectivity index (χ4v) is 2.60. The highest BCUT2D eigenvalue weighted by molar-refractivity contribution is 6.76. The Kier molecular flexibility index (Phi) is 4.65. The van der Waals surface area contributed by atoms with E-state index < -0.39 is 19.2 Å². The van der Waals surface area contributed by atoms with Crippen LogP contribution in [0.15, 0.2) is 18.2 Å². The zero-order valence-corrected chi connectivity index (χ0v) is 12.2. The Morgan fingerprint density at radius 3 is 2.53 bits per heavy atom. The Hall–Kier alpha value is -1.89. The van der Waals surface area contributed by atoms with Gasteiger partial charge in [-0.3, -0.25) is 10.1 Å². The topological polar surface area (TPSA) is 89.7 Å². The van der Waals surface area contributed by atoms with Crippen LogP contribution < -0.4 is 4.74 Å². The number of ether oxygens (including phenoxy) is 1. The minimum Gasteiger partial charge on any atom is -0.449 e. The van der Waals surface area contributed by atoms with Crippen LogP contribution >= 0.6 is 0 Å². The number of carbonyl (C=O) groups is 1. The van der Waals surface area contributed by atoms with Gasteiger partial charge >= 0.3 is 6.16 Å². The molecule has 0 amide bonds. The van der Waals surface area contributed by atoms with Crippen molar-refractivity contribution in [1.82, 2.24) is 0 Å². The highest BCUT2D eigenvalue weighted by Gasteiger charge is 2.18. The van der Waals surface area contributed by atoms with Crippen LogP contribution in [0.5, 0.6) is 5.75 Å². The summed E-state index contributed by atoms with van der Waals surface area (Å²) in [4.78, 5) is 20.8. The van der Waals surface area contributed by atoms with Crippen LogP contribution in [0.4, 0.5) is 10.5 Å². The van der Waals surface area contributed by atoms with Crippen LogP contribution in [0.25, 0.3) is 0 Å². The summed E-state index contributed by atoms with van der Waals surface area (Å²) in [6, 6.07) is 4.88. The van der Waals surface area contributed by atoms with Gasteiger partial charge in [0.2, 0.25) is 0 Å². The van der Waals surface area contributed by atoms with Crippen LogP contribution in [0.1, 0.15) is 5.56 Å². The van der Waals surface area contributed by atoms with Crippen LogP contribution in [0.3, 0.4) is 0 Å². The predicted molar refractivity (Wildman–Crippen MR) is 73.6 cm³/mol. The van der Waals surface area contributed by atoms with Crippen molar-refractivity contribution in [2.75, 3.05) is 0 Å². The van der Waals surface area contributed by atoms with E-state index in [4.69, 9.17) is 5.11 Å². The molecular weight excluding hydrogens is 266 g/mol. The van der Waals surface area contributed by atoms with Gasteiger partial charge in [-0.25, -0.2) is 4.79 Å². The molecule has 0 radical (unpaired) electrons. The van der Waals surface area contributed by atoms with Gasteiger partial charge in [0.25, 0.3) is 5.69 Å². The number of non-ortho nitro benzene ring substituents is 1. The molecule has 0 saturated carbocycles. The number of benzene rings is 1. The monoisotopic (exact) mass is 283 g/mol. The summed E-state index contributed by atoms with van der Waals surface area (Å²) < 4.78 is 4.65. The van der Waals surface area contributed by atoms with E-state index in [0.717, 1.165) is 6.04 Å². The minimum atomic E-state index is -1.41. The summed E-state index contributed by atoms with van der Waals surface area (Å²) in [6.45, 7) is 6.55. The second-order valence-corrected chi connectivity index (χ2v) is 11.1. The molecule has 0 aliphatic carbocycles. The Balaban J connectivity index is 3.03. The maximum atomic E-state index is 10.7. The summed E-state index contributed by atoms with van der Waals surface area (Å²) >= 11 is 0. The number of nitrogens with zero attached hydrogens (tertiary/aromatic N) is 1. The number of hydrogen-bond acceptors (Lipinski definition) is 4. The smallest absolute Gasteiger partial charge is 0.449 e. The van der Waals surface area contributed by atoms with Crippen LogP contribution in [-0.4, -0.2) is 24.3 Å². The van der Waals surface area contributed by atoms with Crippen LogP contribution in [-0.2, 0) is 6.42 Å². The van der Waals surface area contributed by atoms with Crippen molar-refractivity contribution < 1.29 is 19.6 Å². The van der Waals surface area contributed by atoms with E-state index in [0.29, 0.717) is 12.0 Å². The number of rotatable bonds is 5. The molecule has 1 aromatic carbocycles. The fraction of sp³-hybridized carbons (Fsp3) is 0.417. The van der Waals surface area contributed by atoms with Gasteiger partial charge < -0.3 is 9.84 Å². The predicted octanol–water partition coefficient (Wildman–Crippen LogP) is 3.53. The van der Waals surface area contributed by atoms with Crippen molar-refractivity contribution in [3.05, 3.63) is 33.9 Å². The maximum Gasteiger partial charge on any atom is 0.511 e. The molecule has 19 heavy (non-hydrogen) atoms. The molecular formula is C12H17NO5Si. The Bertz CT molecular complexity index is 495. The molecule has 0 fully saturated rings. The molecule has 1 aromatic rings. The summed E-state index contributed by atoms with van der Waals surface area (Å²) in [5, 5.41) is 19.4. The molecule has 0 bridgehead atoms. The molecule has 0 saturated heterocycles. The lowest BCUT2D eigenvalue weighted by atomic mass is 10.1. The van der Waals surface area contributed by atoms with Gasteiger partial charge in [0, 0.05) is 25.8 Å². The third kappa shape index (κ3) is 5.08. The number of hydrogen-bond donors (Lipinski definition) is 1. The van der Waals surface area contributed by atoms with E-state index in [-0.39, 0.29) is 11.4 Å². The molecule has 0 aromatic heterocycles. The molecule has 7 heteroatoms. The zero-order valence-electron chi connectivity index (χ0n) is 11.2. The lowest BCUT2D eigenvalue weighted by Crippen LogP contribution is -2.20. The summed E-state index contributed by atoms with van der Waals surface area (Å²) in [5.41, 5.74) is 0.516. The van der Waals surface area contributed by atoms with E-state index in [2.05, 4.69) is 24.4 Å². The SMILES string of the molecule is C[Si](C)(C)CCc1cc([N+](=O)[O-])ccc1OC(=O)O. The third-order valence-corrected chi connectivity index (χ3v) is 4.35. The minimum absolute atomic E-state index is 0.0525. The maximum absolute atomic E-state index is 10.7. The van der Waals surface area contributed by atoms with E-state index in [1.807, 2.05) is 0 Å². The molecule has 0 heterocycles. The van der Waals surface area contributed by atoms with Crippen molar-refractivity contribution in [3.63, 3.8) is 0 Å². The molecule has 0 unspecified atom stereocenters. The summed E-state index contributed by atoms with van der Waals surface area (Å²) in [5.74, 6) is 0.177. The quantitative estimate of drug-likeness (QED) is 0.293. The van der Waals surface area contributed by atoms with Gasteiger partial charge in [0.15, 0.2) is 0 Å². The molecule has 0 spiro atoms. The molecule has 1 N–H and O–H groups in total. The Labute approximate surface area is 112 Å². The van der Waals surface area contributed by atoms with Crippen molar-refractivity contribution in [1.29, 1.82) is 0 Å². The Morgan fingerprint density at radius 1 is 1.42 bits per heavy atom. The molecule has 104 valence electrons. The first-order valence-corrected chi connectivity index (χ1v) is 9.58. The largest absolute Gasteiger partial charge is 0.511 e. The van der Waals surface area contributed by atoms with Crippen molar-refractivity contribution in [3.8, 4) is 5.75 Å². The third-order valence-electron chi connectivity index (χ3n) is 2.60. The van der Waals surface area contributed by atoms with E-state index in [1.54, 1.807) is 0 Å². The summed E-state index contributed by atoms with van der Waals surface area (Å²) in [7, 11) is -1.32. The second-order valence-electron chi connectivity index (χ2n) is 5.48. The normalized spacial score (nSPS) is 11.1. The number of nitro benzene ring substituents is 1.